The van der Waals surface area contributed by atoms with E-state index in [0.717, 1.165) is 60.9 Å². The van der Waals surface area contributed by atoms with Gasteiger partial charge in [0, 0.05) is 56.4 Å². The summed E-state index contributed by atoms with van der Waals surface area (Å²) in [5, 5.41) is 4.38. The van der Waals surface area contributed by atoms with E-state index in [9.17, 15) is 4.79 Å². The number of aryl methyl sites for hydroxylation is 1. The van der Waals surface area contributed by atoms with Crippen LogP contribution in [0.4, 0.5) is 0 Å². The molecule has 0 bridgehead atoms. The predicted molar refractivity (Wildman–Crippen MR) is 109 cm³/mol. The number of rotatable bonds is 4. The molecule has 6 nitrogen and oxygen atoms in total. The van der Waals surface area contributed by atoms with Crippen molar-refractivity contribution in [2.45, 2.75) is 44.7 Å². The maximum atomic E-state index is 12.9. The van der Waals surface area contributed by atoms with Gasteiger partial charge in [-0.05, 0) is 25.0 Å². The molecule has 1 amide bonds. The molecule has 2 aliphatic rings. The summed E-state index contributed by atoms with van der Waals surface area (Å²) in [5.41, 5.74) is 3.34. The normalized spacial score (nSPS) is 19.1. The summed E-state index contributed by atoms with van der Waals surface area (Å²) in [6.07, 6.45) is 6.02. The highest BCUT2D eigenvalue weighted by Gasteiger charge is 2.32. The van der Waals surface area contributed by atoms with Crippen LogP contribution in [-0.2, 0) is 24.2 Å². The molecule has 0 unspecified atom stereocenters. The number of carbonyl (C=O) groups is 1. The highest BCUT2D eigenvalue weighted by molar-refractivity contribution is 7.18. The lowest BCUT2D eigenvalue weighted by molar-refractivity contribution is -0.132. The van der Waals surface area contributed by atoms with Crippen molar-refractivity contribution >= 4 is 27.5 Å². The van der Waals surface area contributed by atoms with E-state index < -0.39 is 0 Å². The first-order chi connectivity index (χ1) is 13.8. The fraction of sp³-hybridized carbons (Fsp3) is 0.429. The second-order valence-electron chi connectivity index (χ2n) is 7.45. The Balaban J connectivity index is 1.28. The number of para-hydroxylation sites is 1. The summed E-state index contributed by atoms with van der Waals surface area (Å²) >= 11 is 1.68. The Morgan fingerprint density at radius 3 is 3.14 bits per heavy atom. The molecule has 1 N–H and O–H groups in total. The van der Waals surface area contributed by atoms with Crippen LogP contribution in [0.5, 0.6) is 0 Å². The molecule has 1 saturated heterocycles. The van der Waals surface area contributed by atoms with Gasteiger partial charge in [-0.2, -0.15) is 0 Å². The van der Waals surface area contributed by atoms with Gasteiger partial charge in [-0.1, -0.05) is 12.1 Å². The number of likely N-dealkylation sites (tertiary alicyclic amines) is 1. The van der Waals surface area contributed by atoms with E-state index in [1.807, 2.05) is 29.3 Å². The SMILES string of the molecule is O=C(CCc1nc2ccccc2s1)N1CCC[C@H]1c1ncc2c(n1)CCNC2. The minimum absolute atomic E-state index is 0.0167. The van der Waals surface area contributed by atoms with Crippen LogP contribution in [0.2, 0.25) is 0 Å². The maximum Gasteiger partial charge on any atom is 0.223 e. The Morgan fingerprint density at radius 2 is 2.21 bits per heavy atom. The molecule has 2 aromatic heterocycles. The first-order valence-electron chi connectivity index (χ1n) is 9.97. The number of nitrogens with zero attached hydrogens (tertiary/aromatic N) is 4. The minimum Gasteiger partial charge on any atom is -0.332 e. The van der Waals surface area contributed by atoms with E-state index >= 15 is 0 Å². The van der Waals surface area contributed by atoms with E-state index in [1.54, 1.807) is 11.3 Å². The Morgan fingerprint density at radius 1 is 1.29 bits per heavy atom. The lowest BCUT2D eigenvalue weighted by Gasteiger charge is -2.25. The van der Waals surface area contributed by atoms with Crippen molar-refractivity contribution in [3.63, 3.8) is 0 Å². The summed E-state index contributed by atoms with van der Waals surface area (Å²) in [4.78, 5) is 29.0. The van der Waals surface area contributed by atoms with Gasteiger partial charge in [0.25, 0.3) is 0 Å². The van der Waals surface area contributed by atoms with Crippen molar-refractivity contribution in [2.24, 2.45) is 0 Å². The number of benzene rings is 1. The lowest BCUT2D eigenvalue weighted by Crippen LogP contribution is -2.32. The van der Waals surface area contributed by atoms with Crippen LogP contribution in [0, 0.1) is 0 Å². The van der Waals surface area contributed by atoms with Crippen LogP contribution in [0.3, 0.4) is 0 Å². The van der Waals surface area contributed by atoms with Crippen molar-refractivity contribution in [3.8, 4) is 0 Å². The van der Waals surface area contributed by atoms with Gasteiger partial charge in [0.1, 0.15) is 0 Å². The number of nitrogens with one attached hydrogen (secondary N) is 1. The van der Waals surface area contributed by atoms with Crippen LogP contribution in [0.25, 0.3) is 10.2 Å². The monoisotopic (exact) mass is 393 g/mol. The Kier molecular flexibility index (Phi) is 4.78. The van der Waals surface area contributed by atoms with Crippen LogP contribution >= 0.6 is 11.3 Å². The topological polar surface area (TPSA) is 71.0 Å². The summed E-state index contributed by atoms with van der Waals surface area (Å²) in [6, 6.07) is 8.15. The molecule has 1 atom stereocenters. The highest BCUT2D eigenvalue weighted by Crippen LogP contribution is 2.31. The number of amides is 1. The average Bonchev–Trinajstić information content (AvgIpc) is 3.38. The van der Waals surface area contributed by atoms with Gasteiger partial charge < -0.3 is 10.2 Å². The molecule has 144 valence electrons. The van der Waals surface area contributed by atoms with Crippen LogP contribution < -0.4 is 5.32 Å². The summed E-state index contributed by atoms with van der Waals surface area (Å²) < 4.78 is 1.18. The molecular formula is C21H23N5OS. The number of aromatic nitrogens is 3. The zero-order valence-corrected chi connectivity index (χ0v) is 16.5. The molecule has 4 heterocycles. The number of thiazole rings is 1. The largest absolute Gasteiger partial charge is 0.332 e. The van der Waals surface area contributed by atoms with Gasteiger partial charge in [-0.15, -0.1) is 11.3 Å². The third-order valence-corrected chi connectivity index (χ3v) is 6.69. The third-order valence-electron chi connectivity index (χ3n) is 5.59. The number of hydrogen-bond donors (Lipinski definition) is 1. The number of carbonyl (C=O) groups excluding carboxylic acids is 1. The fourth-order valence-electron chi connectivity index (χ4n) is 4.13. The molecular weight excluding hydrogens is 370 g/mol. The highest BCUT2D eigenvalue weighted by atomic mass is 32.1. The summed E-state index contributed by atoms with van der Waals surface area (Å²) in [6.45, 7) is 2.59. The quantitative estimate of drug-likeness (QED) is 0.738. The Labute approximate surface area is 168 Å². The molecule has 7 heteroatoms. The van der Waals surface area contributed by atoms with Crippen LogP contribution in [0.1, 0.15) is 47.4 Å². The maximum absolute atomic E-state index is 12.9. The number of hydrogen-bond acceptors (Lipinski definition) is 6. The molecule has 0 spiro atoms. The van der Waals surface area contributed by atoms with Gasteiger partial charge >= 0.3 is 0 Å². The van der Waals surface area contributed by atoms with Crippen molar-refractivity contribution in [2.75, 3.05) is 13.1 Å². The van der Waals surface area contributed by atoms with Gasteiger partial charge in [-0.3, -0.25) is 4.79 Å². The average molecular weight is 394 g/mol. The summed E-state index contributed by atoms with van der Waals surface area (Å²) in [7, 11) is 0. The van der Waals surface area contributed by atoms with Crippen LogP contribution in [0.15, 0.2) is 30.5 Å². The standard InChI is InChI=1S/C21H23N5OS/c27-20(8-7-19-24-16-4-1-2-6-18(16)28-19)26-11-3-5-17(26)21-23-13-14-12-22-10-9-15(14)25-21/h1-2,4,6,13,17,22H,3,5,7-12H2/t17-/m0/s1. The molecule has 1 fully saturated rings. The van der Waals surface area contributed by atoms with Crippen LogP contribution in [-0.4, -0.2) is 38.8 Å². The summed E-state index contributed by atoms with van der Waals surface area (Å²) in [5.74, 6) is 0.997. The lowest BCUT2D eigenvalue weighted by atomic mass is 10.1. The molecule has 1 aromatic carbocycles. The molecule has 3 aromatic rings. The van der Waals surface area contributed by atoms with Gasteiger partial charge in [0.2, 0.25) is 5.91 Å². The molecule has 5 rings (SSSR count). The van der Waals surface area contributed by atoms with Gasteiger partial charge in [-0.25, -0.2) is 15.0 Å². The third kappa shape index (κ3) is 3.40. The molecule has 28 heavy (non-hydrogen) atoms. The van der Waals surface area contributed by atoms with E-state index in [4.69, 9.17) is 4.98 Å². The van der Waals surface area contributed by atoms with E-state index in [2.05, 4.69) is 21.4 Å². The van der Waals surface area contributed by atoms with Crippen molar-refractivity contribution in [3.05, 3.63) is 52.6 Å². The number of fused-ring (bicyclic) bond motifs is 2. The van der Waals surface area contributed by atoms with E-state index in [-0.39, 0.29) is 11.9 Å². The first-order valence-corrected chi connectivity index (χ1v) is 10.8. The minimum atomic E-state index is 0.0167. The van der Waals surface area contributed by atoms with Gasteiger partial charge in [0.05, 0.1) is 21.3 Å². The van der Waals surface area contributed by atoms with E-state index in [0.29, 0.717) is 12.8 Å². The molecule has 2 aliphatic heterocycles. The Bertz CT molecular complexity index is 984. The zero-order valence-electron chi connectivity index (χ0n) is 15.7. The van der Waals surface area contributed by atoms with Crippen molar-refractivity contribution < 1.29 is 4.79 Å². The van der Waals surface area contributed by atoms with E-state index in [1.165, 1.54) is 10.3 Å². The fourth-order valence-corrected chi connectivity index (χ4v) is 5.10. The first kappa shape index (κ1) is 17.7. The van der Waals surface area contributed by atoms with Gasteiger partial charge in [0.15, 0.2) is 5.82 Å². The zero-order chi connectivity index (χ0) is 18.9. The van der Waals surface area contributed by atoms with Crippen molar-refractivity contribution in [1.29, 1.82) is 0 Å². The second kappa shape index (κ2) is 7.56. The second-order valence-corrected chi connectivity index (χ2v) is 8.56. The molecule has 0 aliphatic carbocycles. The molecule has 0 radical (unpaired) electrons. The smallest absolute Gasteiger partial charge is 0.223 e. The Hall–Kier alpha value is -2.38. The molecule has 0 saturated carbocycles. The predicted octanol–water partition coefficient (Wildman–Crippen LogP) is 3.03. The van der Waals surface area contributed by atoms with Crippen molar-refractivity contribution in [1.82, 2.24) is 25.2 Å².